The molecule has 1 atom stereocenters. The molecule has 1 heterocycles. The van der Waals surface area contributed by atoms with Gasteiger partial charge in [0.2, 0.25) is 11.8 Å². The fraction of sp³-hybridized carbons (Fsp3) is 0.467. The number of benzene rings is 1. The Morgan fingerprint density at radius 3 is 2.81 bits per heavy atom. The van der Waals surface area contributed by atoms with Crippen LogP contribution in [0.25, 0.3) is 0 Å². The van der Waals surface area contributed by atoms with Crippen LogP contribution in [0.4, 0.5) is 10.1 Å². The minimum Gasteiger partial charge on any atom is -0.372 e. The molecule has 2 amide bonds. The van der Waals surface area contributed by atoms with Crippen LogP contribution in [0.3, 0.4) is 0 Å². The molecule has 1 aromatic carbocycles. The molecule has 1 saturated heterocycles. The Bertz CT molecular complexity index is 504. The van der Waals surface area contributed by atoms with Gasteiger partial charge in [-0.2, -0.15) is 0 Å². The fourth-order valence-corrected chi connectivity index (χ4v) is 2.29. The topological polar surface area (TPSA) is 58.6 Å². The largest absolute Gasteiger partial charge is 0.372 e. The van der Waals surface area contributed by atoms with E-state index in [0.29, 0.717) is 31.8 Å². The second-order valence-electron chi connectivity index (χ2n) is 4.99. The van der Waals surface area contributed by atoms with Crippen molar-refractivity contribution in [3.63, 3.8) is 0 Å². The Hall–Kier alpha value is -1.95. The van der Waals surface area contributed by atoms with Crippen molar-refractivity contribution in [3.8, 4) is 0 Å². The van der Waals surface area contributed by atoms with Gasteiger partial charge in [0, 0.05) is 37.7 Å². The average molecular weight is 294 g/mol. The van der Waals surface area contributed by atoms with Crippen molar-refractivity contribution in [3.05, 3.63) is 30.1 Å². The summed E-state index contributed by atoms with van der Waals surface area (Å²) in [6.45, 7) is 3.32. The lowest BCUT2D eigenvalue weighted by molar-refractivity contribution is -0.125. The van der Waals surface area contributed by atoms with E-state index in [9.17, 15) is 14.0 Å². The normalized spacial score (nSPS) is 18.1. The van der Waals surface area contributed by atoms with Gasteiger partial charge in [-0.25, -0.2) is 4.39 Å². The number of nitrogens with zero attached hydrogens (tertiary/aromatic N) is 1. The summed E-state index contributed by atoms with van der Waals surface area (Å²) in [5.74, 6) is -0.451. The maximum absolute atomic E-state index is 12.9. The number of carbonyl (C=O) groups excluding carboxylic acids is 2. The zero-order valence-corrected chi connectivity index (χ0v) is 12.0. The lowest BCUT2D eigenvalue weighted by Crippen LogP contribution is -2.33. The molecule has 0 saturated carbocycles. The number of anilines is 1. The van der Waals surface area contributed by atoms with Crippen LogP contribution in [0.2, 0.25) is 0 Å². The summed E-state index contributed by atoms with van der Waals surface area (Å²) in [6, 6.07) is 5.84. The highest BCUT2D eigenvalue weighted by molar-refractivity contribution is 5.95. The predicted octanol–water partition coefficient (Wildman–Crippen LogP) is 1.33. The van der Waals surface area contributed by atoms with Crippen LogP contribution in [-0.2, 0) is 14.3 Å². The third kappa shape index (κ3) is 4.26. The third-order valence-electron chi connectivity index (χ3n) is 3.37. The van der Waals surface area contributed by atoms with Crippen molar-refractivity contribution in [2.75, 3.05) is 31.2 Å². The van der Waals surface area contributed by atoms with E-state index in [1.54, 1.807) is 17.0 Å². The van der Waals surface area contributed by atoms with Gasteiger partial charge in [-0.15, -0.1) is 0 Å². The average Bonchev–Trinajstić information content (AvgIpc) is 2.85. The quantitative estimate of drug-likeness (QED) is 0.861. The molecule has 1 aliphatic heterocycles. The monoisotopic (exact) mass is 294 g/mol. The van der Waals surface area contributed by atoms with Crippen LogP contribution in [0.1, 0.15) is 13.3 Å². The molecule has 1 unspecified atom stereocenters. The summed E-state index contributed by atoms with van der Waals surface area (Å²) < 4.78 is 17.9. The highest BCUT2D eigenvalue weighted by Gasteiger charge is 2.30. The van der Waals surface area contributed by atoms with Crippen LogP contribution < -0.4 is 10.2 Å². The molecule has 5 nitrogen and oxygen atoms in total. The number of nitrogens with one attached hydrogen (secondary N) is 1. The number of rotatable bonds is 6. The number of ether oxygens (including phenoxy) is 1. The summed E-state index contributed by atoms with van der Waals surface area (Å²) in [4.78, 5) is 25.1. The van der Waals surface area contributed by atoms with Crippen molar-refractivity contribution < 1.29 is 18.7 Å². The predicted molar refractivity (Wildman–Crippen MR) is 76.4 cm³/mol. The molecule has 114 valence electrons. The second kappa shape index (κ2) is 7.17. The van der Waals surface area contributed by atoms with Gasteiger partial charge < -0.3 is 15.0 Å². The number of hydrogen-bond donors (Lipinski definition) is 1. The molecule has 0 aromatic heterocycles. The van der Waals surface area contributed by atoms with Gasteiger partial charge in [-0.05, 0) is 31.2 Å². The first-order chi connectivity index (χ1) is 10.1. The summed E-state index contributed by atoms with van der Waals surface area (Å²) >= 11 is 0. The Morgan fingerprint density at radius 1 is 1.43 bits per heavy atom. The maximum atomic E-state index is 12.9. The molecule has 1 aliphatic rings. The third-order valence-corrected chi connectivity index (χ3v) is 3.37. The first-order valence-electron chi connectivity index (χ1n) is 7.00. The smallest absolute Gasteiger partial charge is 0.246 e. The van der Waals surface area contributed by atoms with E-state index >= 15 is 0 Å². The fourth-order valence-electron chi connectivity index (χ4n) is 2.29. The zero-order valence-electron chi connectivity index (χ0n) is 12.0. The summed E-state index contributed by atoms with van der Waals surface area (Å²) in [5, 5.41) is 2.76. The van der Waals surface area contributed by atoms with E-state index in [-0.39, 0.29) is 30.2 Å². The lowest BCUT2D eigenvalue weighted by Gasteiger charge is -2.17. The first-order valence-corrected chi connectivity index (χ1v) is 7.00. The van der Waals surface area contributed by atoms with Crippen LogP contribution in [-0.4, -0.2) is 38.1 Å². The molecule has 0 bridgehead atoms. The highest BCUT2D eigenvalue weighted by atomic mass is 19.1. The number of halogens is 1. The maximum Gasteiger partial charge on any atom is 0.246 e. The number of amides is 2. The Balaban J connectivity index is 1.85. The lowest BCUT2D eigenvalue weighted by atomic mass is 10.1. The summed E-state index contributed by atoms with van der Waals surface area (Å²) in [6.07, 6.45) is 0.381. The van der Waals surface area contributed by atoms with E-state index in [1.807, 2.05) is 6.92 Å². The van der Waals surface area contributed by atoms with E-state index in [1.165, 1.54) is 12.1 Å². The molecule has 21 heavy (non-hydrogen) atoms. The molecular formula is C15H19FN2O3. The van der Waals surface area contributed by atoms with E-state index in [4.69, 9.17) is 4.74 Å². The Kier molecular flexibility index (Phi) is 5.27. The van der Waals surface area contributed by atoms with Gasteiger partial charge >= 0.3 is 0 Å². The van der Waals surface area contributed by atoms with Crippen molar-refractivity contribution in [2.24, 2.45) is 5.92 Å². The van der Waals surface area contributed by atoms with Crippen LogP contribution in [0, 0.1) is 11.7 Å². The summed E-state index contributed by atoms with van der Waals surface area (Å²) in [7, 11) is 0. The zero-order chi connectivity index (χ0) is 15.2. The molecule has 1 N–H and O–H groups in total. The van der Waals surface area contributed by atoms with Gasteiger partial charge in [0.1, 0.15) is 12.4 Å². The number of hydrogen-bond acceptors (Lipinski definition) is 3. The van der Waals surface area contributed by atoms with E-state index in [0.717, 1.165) is 0 Å². The minimum atomic E-state index is -0.329. The molecule has 0 aliphatic carbocycles. The molecule has 1 aromatic rings. The standard InChI is InChI=1S/C15H19FN2O3/c1-2-21-10-14(19)17-8-11-7-15(20)18(9-11)13-5-3-12(16)4-6-13/h3-6,11H,2,7-10H2,1H3,(H,17,19). The molecule has 6 heteroatoms. The number of carbonyl (C=O) groups is 2. The molecule has 0 radical (unpaired) electrons. The van der Waals surface area contributed by atoms with Gasteiger partial charge in [0.15, 0.2) is 0 Å². The SMILES string of the molecule is CCOCC(=O)NCC1CC(=O)N(c2ccc(F)cc2)C1. The van der Waals surface area contributed by atoms with Crippen molar-refractivity contribution in [1.82, 2.24) is 5.32 Å². The van der Waals surface area contributed by atoms with Crippen LogP contribution >= 0.6 is 0 Å². The van der Waals surface area contributed by atoms with Crippen molar-refractivity contribution >= 4 is 17.5 Å². The van der Waals surface area contributed by atoms with E-state index in [2.05, 4.69) is 5.32 Å². The molecule has 2 rings (SSSR count). The van der Waals surface area contributed by atoms with Crippen LogP contribution in [0.5, 0.6) is 0 Å². The van der Waals surface area contributed by atoms with Crippen LogP contribution in [0.15, 0.2) is 24.3 Å². The summed E-state index contributed by atoms with van der Waals surface area (Å²) in [5.41, 5.74) is 0.685. The highest BCUT2D eigenvalue weighted by Crippen LogP contribution is 2.24. The van der Waals surface area contributed by atoms with Gasteiger partial charge in [-0.1, -0.05) is 0 Å². The molecule has 1 fully saturated rings. The molecule has 0 spiro atoms. The minimum absolute atomic E-state index is 0.00864. The first kappa shape index (κ1) is 15.4. The van der Waals surface area contributed by atoms with Gasteiger partial charge in [0.25, 0.3) is 0 Å². The van der Waals surface area contributed by atoms with Gasteiger partial charge in [0.05, 0.1) is 0 Å². The molecular weight excluding hydrogens is 275 g/mol. The Morgan fingerprint density at radius 2 is 2.14 bits per heavy atom. The Labute approximate surface area is 123 Å². The van der Waals surface area contributed by atoms with Crippen molar-refractivity contribution in [1.29, 1.82) is 0 Å². The van der Waals surface area contributed by atoms with E-state index < -0.39 is 0 Å². The van der Waals surface area contributed by atoms with Crippen molar-refractivity contribution in [2.45, 2.75) is 13.3 Å². The van der Waals surface area contributed by atoms with Gasteiger partial charge in [-0.3, -0.25) is 9.59 Å². The second-order valence-corrected chi connectivity index (χ2v) is 4.99.